The Morgan fingerprint density at radius 3 is 2.62 bits per heavy atom. The molecule has 2 aromatic rings. The molecule has 0 aliphatic carbocycles. The summed E-state index contributed by atoms with van der Waals surface area (Å²) in [6, 6.07) is 14.4. The maximum Gasteiger partial charge on any atom is 0.241 e. The van der Waals surface area contributed by atoms with Crippen LogP contribution in [0, 0.1) is 6.92 Å². The van der Waals surface area contributed by atoms with Crippen LogP contribution < -0.4 is 9.46 Å². The average molecular weight is 303 g/mol. The highest BCUT2D eigenvalue weighted by Crippen LogP contribution is 2.25. The van der Waals surface area contributed by atoms with Crippen LogP contribution >= 0.6 is 0 Å². The first-order valence-corrected chi connectivity index (χ1v) is 8.33. The molecule has 0 radical (unpaired) electrons. The molecule has 2 aromatic carbocycles. The Balaban J connectivity index is 1.80. The van der Waals surface area contributed by atoms with E-state index in [1.54, 1.807) is 25.1 Å². The Labute approximate surface area is 124 Å². The molecule has 0 saturated heterocycles. The molecule has 1 atom stereocenters. The molecule has 110 valence electrons. The molecule has 1 aliphatic heterocycles. The minimum absolute atomic E-state index is 0.246. The topological polar surface area (TPSA) is 55.4 Å². The van der Waals surface area contributed by atoms with Gasteiger partial charge in [0.25, 0.3) is 0 Å². The molecule has 0 saturated carbocycles. The van der Waals surface area contributed by atoms with Gasteiger partial charge in [-0.25, -0.2) is 13.1 Å². The Morgan fingerprint density at radius 2 is 1.81 bits per heavy atom. The summed E-state index contributed by atoms with van der Waals surface area (Å²) >= 11 is 0. The van der Waals surface area contributed by atoms with Gasteiger partial charge in [0.15, 0.2) is 0 Å². The van der Waals surface area contributed by atoms with Crippen molar-refractivity contribution in [3.63, 3.8) is 0 Å². The molecule has 0 aromatic heterocycles. The number of aryl methyl sites for hydroxylation is 1. The van der Waals surface area contributed by atoms with Crippen molar-refractivity contribution in [2.75, 3.05) is 6.61 Å². The number of fused-ring (bicyclic) bond motifs is 1. The third kappa shape index (κ3) is 2.94. The lowest BCUT2D eigenvalue weighted by Crippen LogP contribution is -2.42. The largest absolute Gasteiger partial charge is 0.492 e. The highest BCUT2D eigenvalue weighted by atomic mass is 32.2. The second-order valence-corrected chi connectivity index (χ2v) is 6.89. The van der Waals surface area contributed by atoms with E-state index in [1.807, 2.05) is 30.3 Å². The Hall–Kier alpha value is -1.85. The lowest BCUT2D eigenvalue weighted by molar-refractivity contribution is 0.254. The fourth-order valence-electron chi connectivity index (χ4n) is 2.54. The minimum Gasteiger partial charge on any atom is -0.492 e. The van der Waals surface area contributed by atoms with Crippen LogP contribution in [0.15, 0.2) is 53.4 Å². The zero-order chi connectivity index (χ0) is 14.9. The normalized spacial score (nSPS) is 17.9. The second-order valence-electron chi connectivity index (χ2n) is 5.21. The number of nitrogens with one attached hydrogen (secondary N) is 1. The molecule has 1 aliphatic rings. The van der Waals surface area contributed by atoms with Crippen LogP contribution in [0.25, 0.3) is 0 Å². The van der Waals surface area contributed by atoms with E-state index < -0.39 is 10.0 Å². The van der Waals surface area contributed by atoms with E-state index in [1.165, 1.54) is 0 Å². The van der Waals surface area contributed by atoms with Gasteiger partial charge in [0.2, 0.25) is 10.0 Å². The van der Waals surface area contributed by atoms with Crippen LogP contribution in [0.1, 0.15) is 11.1 Å². The molecule has 0 fully saturated rings. The van der Waals surface area contributed by atoms with Gasteiger partial charge in [-0.2, -0.15) is 0 Å². The fourth-order valence-corrected chi connectivity index (χ4v) is 4.01. The van der Waals surface area contributed by atoms with Crippen molar-refractivity contribution in [1.82, 2.24) is 4.72 Å². The number of ether oxygens (including phenoxy) is 1. The minimum atomic E-state index is -3.52. The molecule has 0 bridgehead atoms. The zero-order valence-corrected chi connectivity index (χ0v) is 12.6. The van der Waals surface area contributed by atoms with E-state index in [9.17, 15) is 8.42 Å². The predicted octanol–water partition coefficient (Wildman–Crippen LogP) is 2.28. The van der Waals surface area contributed by atoms with Gasteiger partial charge < -0.3 is 4.74 Å². The molecule has 1 N–H and O–H groups in total. The number of rotatable bonds is 3. The van der Waals surface area contributed by atoms with Crippen LogP contribution in [0.4, 0.5) is 0 Å². The number of sulfonamides is 1. The number of benzene rings is 2. The van der Waals surface area contributed by atoms with E-state index >= 15 is 0 Å². The van der Waals surface area contributed by atoms with Crippen molar-refractivity contribution in [1.29, 1.82) is 0 Å². The van der Waals surface area contributed by atoms with Gasteiger partial charge in [0.05, 0.1) is 10.9 Å². The smallest absolute Gasteiger partial charge is 0.241 e. The third-order valence-corrected chi connectivity index (χ3v) is 5.26. The lowest BCUT2D eigenvalue weighted by atomic mass is 10.0. The van der Waals surface area contributed by atoms with Gasteiger partial charge in [-0.3, -0.25) is 0 Å². The van der Waals surface area contributed by atoms with Crippen molar-refractivity contribution < 1.29 is 13.2 Å². The van der Waals surface area contributed by atoms with E-state index in [-0.39, 0.29) is 6.04 Å². The summed E-state index contributed by atoms with van der Waals surface area (Å²) in [6.07, 6.45) is 0.640. The standard InChI is InChI=1S/C16H17NO3S/c1-12-6-2-5-9-16(12)21(18,19)17-14-10-13-7-3-4-8-15(13)20-11-14/h2-9,14,17H,10-11H2,1H3. The summed E-state index contributed by atoms with van der Waals surface area (Å²) in [6.45, 7) is 2.14. The highest BCUT2D eigenvalue weighted by Gasteiger charge is 2.25. The average Bonchev–Trinajstić information content (AvgIpc) is 2.47. The van der Waals surface area contributed by atoms with Crippen LogP contribution in [-0.4, -0.2) is 21.1 Å². The summed E-state index contributed by atoms with van der Waals surface area (Å²) < 4.78 is 33.3. The molecule has 1 unspecified atom stereocenters. The summed E-state index contributed by atoms with van der Waals surface area (Å²) in [5.74, 6) is 0.837. The number of hydrogen-bond donors (Lipinski definition) is 1. The third-order valence-electron chi connectivity index (χ3n) is 3.58. The molecular weight excluding hydrogens is 286 g/mol. The van der Waals surface area contributed by atoms with Crippen LogP contribution in [-0.2, 0) is 16.4 Å². The van der Waals surface area contributed by atoms with Gasteiger partial charge in [-0.15, -0.1) is 0 Å². The van der Waals surface area contributed by atoms with Crippen LogP contribution in [0.2, 0.25) is 0 Å². The second kappa shape index (κ2) is 5.50. The Morgan fingerprint density at radius 1 is 1.10 bits per heavy atom. The highest BCUT2D eigenvalue weighted by molar-refractivity contribution is 7.89. The Bertz CT molecular complexity index is 756. The summed E-state index contributed by atoms with van der Waals surface area (Å²) in [4.78, 5) is 0.323. The molecule has 0 spiro atoms. The van der Waals surface area contributed by atoms with Crippen molar-refractivity contribution >= 4 is 10.0 Å². The van der Waals surface area contributed by atoms with Gasteiger partial charge in [0.1, 0.15) is 12.4 Å². The maximum atomic E-state index is 12.5. The van der Waals surface area contributed by atoms with Crippen LogP contribution in [0.3, 0.4) is 0 Å². The monoisotopic (exact) mass is 303 g/mol. The quantitative estimate of drug-likeness (QED) is 0.946. The zero-order valence-electron chi connectivity index (χ0n) is 11.7. The fraction of sp³-hybridized carbons (Fsp3) is 0.250. The van der Waals surface area contributed by atoms with Crippen molar-refractivity contribution in [3.8, 4) is 5.75 Å². The molecule has 21 heavy (non-hydrogen) atoms. The molecule has 5 heteroatoms. The summed E-state index contributed by atoms with van der Waals surface area (Å²) in [7, 11) is -3.52. The van der Waals surface area contributed by atoms with E-state index in [2.05, 4.69) is 4.72 Å². The SMILES string of the molecule is Cc1ccccc1S(=O)(=O)NC1COc2ccccc2C1. The van der Waals surface area contributed by atoms with Crippen molar-refractivity contribution in [2.24, 2.45) is 0 Å². The van der Waals surface area contributed by atoms with Crippen molar-refractivity contribution in [3.05, 3.63) is 59.7 Å². The van der Waals surface area contributed by atoms with Gasteiger partial charge in [0, 0.05) is 0 Å². The lowest BCUT2D eigenvalue weighted by Gasteiger charge is -2.26. The first-order valence-electron chi connectivity index (χ1n) is 6.85. The Kier molecular flexibility index (Phi) is 3.69. The molecule has 0 amide bonds. The van der Waals surface area contributed by atoms with Gasteiger partial charge >= 0.3 is 0 Å². The number of hydrogen-bond acceptors (Lipinski definition) is 3. The van der Waals surface area contributed by atoms with Gasteiger partial charge in [-0.05, 0) is 36.6 Å². The van der Waals surface area contributed by atoms with Crippen LogP contribution in [0.5, 0.6) is 5.75 Å². The van der Waals surface area contributed by atoms with Gasteiger partial charge in [-0.1, -0.05) is 36.4 Å². The first-order chi connectivity index (χ1) is 10.1. The molecule has 1 heterocycles. The van der Waals surface area contributed by atoms with E-state index in [0.29, 0.717) is 17.9 Å². The number of para-hydroxylation sites is 1. The molecule has 3 rings (SSSR count). The maximum absolute atomic E-state index is 12.5. The summed E-state index contributed by atoms with van der Waals surface area (Å²) in [5.41, 5.74) is 1.77. The molecule has 4 nitrogen and oxygen atoms in total. The van der Waals surface area contributed by atoms with E-state index in [0.717, 1.165) is 16.9 Å². The van der Waals surface area contributed by atoms with Crippen molar-refractivity contribution in [2.45, 2.75) is 24.3 Å². The molecular formula is C16H17NO3S. The first kappa shape index (κ1) is 14.1. The predicted molar refractivity (Wildman–Crippen MR) is 80.9 cm³/mol. The van der Waals surface area contributed by atoms with E-state index in [4.69, 9.17) is 4.74 Å². The summed E-state index contributed by atoms with van der Waals surface area (Å²) in [5, 5.41) is 0.